The van der Waals surface area contributed by atoms with Crippen molar-refractivity contribution in [2.75, 3.05) is 13.1 Å². The number of hydrogen-bond acceptors (Lipinski definition) is 1. The Kier molecular flexibility index (Phi) is 9.24. The molecule has 1 nitrogen and oxygen atoms in total. The molecule has 0 saturated heterocycles. The van der Waals surface area contributed by atoms with Gasteiger partial charge in [-0.15, -0.1) is 0 Å². The van der Waals surface area contributed by atoms with Crippen molar-refractivity contribution in [3.8, 4) is 0 Å². The zero-order valence-corrected chi connectivity index (χ0v) is 13.2. The summed E-state index contributed by atoms with van der Waals surface area (Å²) < 4.78 is 27.7. The van der Waals surface area contributed by atoms with Crippen LogP contribution in [0, 0.1) is 0 Å². The van der Waals surface area contributed by atoms with Crippen LogP contribution in [0.25, 0.3) is 0 Å². The second-order valence-corrected chi connectivity index (χ2v) is 5.72. The summed E-state index contributed by atoms with van der Waals surface area (Å²) in [7, 11) is 0. The molecular weight excluding hydrogens is 268 g/mol. The van der Waals surface area contributed by atoms with E-state index in [4.69, 9.17) is 0 Å². The van der Waals surface area contributed by atoms with Gasteiger partial charge in [0.1, 0.15) is 0 Å². The van der Waals surface area contributed by atoms with Crippen molar-refractivity contribution in [3.63, 3.8) is 0 Å². The van der Waals surface area contributed by atoms with E-state index in [9.17, 15) is 8.78 Å². The van der Waals surface area contributed by atoms with Crippen LogP contribution in [0.1, 0.15) is 63.9 Å². The van der Waals surface area contributed by atoms with Crippen LogP contribution in [0.4, 0.5) is 8.78 Å². The molecule has 0 atom stereocenters. The third kappa shape index (κ3) is 8.15. The van der Waals surface area contributed by atoms with Crippen LogP contribution in [-0.4, -0.2) is 13.1 Å². The van der Waals surface area contributed by atoms with Crippen molar-refractivity contribution in [1.29, 1.82) is 0 Å². The highest BCUT2D eigenvalue weighted by molar-refractivity contribution is 5.20. The van der Waals surface area contributed by atoms with Crippen LogP contribution in [0.15, 0.2) is 30.3 Å². The topological polar surface area (TPSA) is 12.0 Å². The quantitative estimate of drug-likeness (QED) is 0.502. The summed E-state index contributed by atoms with van der Waals surface area (Å²) in [5.41, 5.74) is 0.0911. The lowest BCUT2D eigenvalue weighted by atomic mass is 10.1. The summed E-state index contributed by atoms with van der Waals surface area (Å²) in [4.78, 5) is 0. The standard InChI is InChI=1S/C18H29F2N/c1-2-3-4-5-6-7-8-12-15-21-16-18(19,20)17-13-10-9-11-14-17/h9-11,13-14,21H,2-8,12,15-16H2,1H3. The van der Waals surface area contributed by atoms with E-state index >= 15 is 0 Å². The highest BCUT2D eigenvalue weighted by atomic mass is 19.3. The average Bonchev–Trinajstić information content (AvgIpc) is 2.50. The largest absolute Gasteiger partial charge is 0.311 e. The molecule has 0 aromatic heterocycles. The van der Waals surface area contributed by atoms with Crippen molar-refractivity contribution in [1.82, 2.24) is 5.32 Å². The molecule has 3 heteroatoms. The number of rotatable bonds is 12. The first-order chi connectivity index (χ1) is 10.2. The molecule has 1 aromatic carbocycles. The summed E-state index contributed by atoms with van der Waals surface area (Å²) in [6.45, 7) is 2.63. The molecule has 0 aliphatic carbocycles. The number of halogens is 2. The molecule has 0 aliphatic heterocycles. The minimum atomic E-state index is -2.78. The van der Waals surface area contributed by atoms with Gasteiger partial charge in [-0.25, -0.2) is 0 Å². The normalized spacial score (nSPS) is 11.8. The predicted octanol–water partition coefficient (Wildman–Crippen LogP) is 5.51. The Hall–Kier alpha value is -0.960. The maximum Gasteiger partial charge on any atom is 0.285 e. The van der Waals surface area contributed by atoms with E-state index in [-0.39, 0.29) is 12.1 Å². The van der Waals surface area contributed by atoms with Gasteiger partial charge in [-0.3, -0.25) is 0 Å². The lowest BCUT2D eigenvalue weighted by Gasteiger charge is -2.17. The van der Waals surface area contributed by atoms with Crippen LogP contribution in [0.3, 0.4) is 0 Å². The van der Waals surface area contributed by atoms with Crippen molar-refractivity contribution in [3.05, 3.63) is 35.9 Å². The molecule has 0 bridgehead atoms. The van der Waals surface area contributed by atoms with E-state index in [1.807, 2.05) is 0 Å². The molecule has 21 heavy (non-hydrogen) atoms. The van der Waals surface area contributed by atoms with Gasteiger partial charge in [-0.05, 0) is 13.0 Å². The Labute approximate surface area is 128 Å². The SMILES string of the molecule is CCCCCCCCCCNCC(F)(F)c1ccccc1. The van der Waals surface area contributed by atoms with E-state index in [0.29, 0.717) is 6.54 Å². The van der Waals surface area contributed by atoms with Crippen molar-refractivity contribution in [2.24, 2.45) is 0 Å². The molecule has 0 spiro atoms. The van der Waals surface area contributed by atoms with Crippen molar-refractivity contribution >= 4 is 0 Å². The molecular formula is C18H29F2N. The molecule has 1 rings (SSSR count). The Morgan fingerprint density at radius 1 is 0.857 bits per heavy atom. The lowest BCUT2D eigenvalue weighted by Crippen LogP contribution is -2.31. The Morgan fingerprint density at radius 3 is 2.05 bits per heavy atom. The third-order valence-electron chi connectivity index (χ3n) is 3.75. The maximum absolute atomic E-state index is 13.8. The predicted molar refractivity (Wildman–Crippen MR) is 85.8 cm³/mol. The summed E-state index contributed by atoms with van der Waals surface area (Å²) in [5.74, 6) is -2.78. The fourth-order valence-electron chi connectivity index (χ4n) is 2.41. The first kappa shape index (κ1) is 18.1. The molecule has 0 unspecified atom stereocenters. The molecule has 0 heterocycles. The first-order valence-electron chi connectivity index (χ1n) is 8.31. The lowest BCUT2D eigenvalue weighted by molar-refractivity contribution is -0.00301. The minimum absolute atomic E-state index is 0.0911. The molecule has 0 saturated carbocycles. The Morgan fingerprint density at radius 2 is 1.43 bits per heavy atom. The van der Waals surface area contributed by atoms with E-state index in [2.05, 4.69) is 12.2 Å². The van der Waals surface area contributed by atoms with Gasteiger partial charge in [0.05, 0.1) is 6.54 Å². The van der Waals surface area contributed by atoms with E-state index in [0.717, 1.165) is 12.8 Å². The van der Waals surface area contributed by atoms with E-state index in [1.54, 1.807) is 18.2 Å². The number of nitrogens with one attached hydrogen (secondary N) is 1. The molecule has 0 aliphatic rings. The smallest absolute Gasteiger partial charge is 0.285 e. The highest BCUT2D eigenvalue weighted by Crippen LogP contribution is 2.26. The monoisotopic (exact) mass is 297 g/mol. The molecule has 1 N–H and O–H groups in total. The van der Waals surface area contributed by atoms with E-state index in [1.165, 1.54) is 50.7 Å². The second kappa shape index (κ2) is 10.7. The highest BCUT2D eigenvalue weighted by Gasteiger charge is 2.30. The van der Waals surface area contributed by atoms with Gasteiger partial charge in [0.2, 0.25) is 0 Å². The Balaban J connectivity index is 2.01. The number of hydrogen-bond donors (Lipinski definition) is 1. The van der Waals surface area contributed by atoms with Gasteiger partial charge in [0.25, 0.3) is 5.92 Å². The molecule has 0 radical (unpaired) electrons. The van der Waals surface area contributed by atoms with Gasteiger partial charge in [-0.2, -0.15) is 8.78 Å². The molecule has 120 valence electrons. The minimum Gasteiger partial charge on any atom is -0.311 e. The zero-order chi connectivity index (χ0) is 15.4. The van der Waals surface area contributed by atoms with Gasteiger partial charge in [-0.1, -0.05) is 82.2 Å². The van der Waals surface area contributed by atoms with Crippen LogP contribution < -0.4 is 5.32 Å². The zero-order valence-electron chi connectivity index (χ0n) is 13.2. The number of alkyl halides is 2. The van der Waals surface area contributed by atoms with Gasteiger partial charge < -0.3 is 5.32 Å². The average molecular weight is 297 g/mol. The number of benzene rings is 1. The fourth-order valence-corrected chi connectivity index (χ4v) is 2.41. The fraction of sp³-hybridized carbons (Fsp3) is 0.667. The Bertz CT molecular complexity index is 351. The van der Waals surface area contributed by atoms with Gasteiger partial charge in [0, 0.05) is 5.56 Å². The van der Waals surface area contributed by atoms with E-state index < -0.39 is 5.92 Å². The van der Waals surface area contributed by atoms with Crippen molar-refractivity contribution < 1.29 is 8.78 Å². The summed E-state index contributed by atoms with van der Waals surface area (Å²) >= 11 is 0. The first-order valence-corrected chi connectivity index (χ1v) is 8.31. The maximum atomic E-state index is 13.8. The van der Waals surface area contributed by atoms with Crippen LogP contribution in [-0.2, 0) is 5.92 Å². The van der Waals surface area contributed by atoms with Crippen LogP contribution in [0.2, 0.25) is 0 Å². The second-order valence-electron chi connectivity index (χ2n) is 5.72. The molecule has 1 aromatic rings. The van der Waals surface area contributed by atoms with Gasteiger partial charge in [0.15, 0.2) is 0 Å². The van der Waals surface area contributed by atoms with Crippen LogP contribution in [0.5, 0.6) is 0 Å². The van der Waals surface area contributed by atoms with Crippen LogP contribution >= 0.6 is 0 Å². The summed E-state index contributed by atoms with van der Waals surface area (Å²) in [6, 6.07) is 8.03. The summed E-state index contributed by atoms with van der Waals surface area (Å²) in [6.07, 6.45) is 9.87. The molecule has 0 fully saturated rings. The number of unbranched alkanes of at least 4 members (excludes halogenated alkanes) is 7. The molecule has 0 amide bonds. The third-order valence-corrected chi connectivity index (χ3v) is 3.75. The van der Waals surface area contributed by atoms with Crippen molar-refractivity contribution in [2.45, 2.75) is 64.2 Å². The summed E-state index contributed by atoms with van der Waals surface area (Å²) in [5, 5.41) is 2.89. The van der Waals surface area contributed by atoms with Gasteiger partial charge >= 0.3 is 0 Å².